The van der Waals surface area contributed by atoms with Gasteiger partial charge in [0.1, 0.15) is 23.7 Å². The monoisotopic (exact) mass is 336 g/mol. The molecule has 1 atom stereocenters. The van der Waals surface area contributed by atoms with Crippen LogP contribution in [0.25, 0.3) is 5.82 Å². The van der Waals surface area contributed by atoms with Gasteiger partial charge in [0.25, 0.3) is 5.91 Å². The third-order valence-electron chi connectivity index (χ3n) is 4.64. The van der Waals surface area contributed by atoms with Gasteiger partial charge in [-0.25, -0.2) is 9.97 Å². The molecule has 0 N–H and O–H groups in total. The van der Waals surface area contributed by atoms with Gasteiger partial charge in [-0.05, 0) is 37.1 Å². The van der Waals surface area contributed by atoms with Crippen molar-refractivity contribution in [2.75, 3.05) is 6.54 Å². The van der Waals surface area contributed by atoms with Crippen LogP contribution < -0.4 is 0 Å². The fraction of sp³-hybridized carbons (Fsp3) is 0.316. The van der Waals surface area contributed by atoms with Crippen molar-refractivity contribution >= 4 is 5.91 Å². The summed E-state index contributed by atoms with van der Waals surface area (Å²) < 4.78 is 7.69. The van der Waals surface area contributed by atoms with E-state index in [0.29, 0.717) is 5.56 Å². The molecule has 1 saturated heterocycles. The molecule has 6 heteroatoms. The maximum atomic E-state index is 12.9. The van der Waals surface area contributed by atoms with Gasteiger partial charge in [0, 0.05) is 31.6 Å². The third-order valence-corrected chi connectivity index (χ3v) is 4.64. The number of aromatic nitrogens is 3. The van der Waals surface area contributed by atoms with E-state index < -0.39 is 0 Å². The number of nitrogens with zero attached hydrogens (tertiary/aromatic N) is 4. The average Bonchev–Trinajstić information content (AvgIpc) is 3.42. The Kier molecular flexibility index (Phi) is 4.09. The number of pyridine rings is 1. The second kappa shape index (κ2) is 6.55. The minimum Gasteiger partial charge on any atom is -0.464 e. The van der Waals surface area contributed by atoms with Crippen molar-refractivity contribution in [2.24, 2.45) is 0 Å². The SMILES string of the molecule is CCc1ccc([C@H]2CCCN2C(=O)c2ccc(-n3ccnc3)nc2)o1. The van der Waals surface area contributed by atoms with Crippen LogP contribution in [0.1, 0.15) is 47.7 Å². The zero-order valence-corrected chi connectivity index (χ0v) is 14.1. The van der Waals surface area contributed by atoms with Crippen molar-refractivity contribution in [1.82, 2.24) is 19.4 Å². The number of imidazole rings is 1. The molecule has 0 spiro atoms. The average molecular weight is 336 g/mol. The molecule has 4 rings (SSSR count). The van der Waals surface area contributed by atoms with Gasteiger partial charge < -0.3 is 9.32 Å². The summed E-state index contributed by atoms with van der Waals surface area (Å²) in [5, 5.41) is 0. The molecular weight excluding hydrogens is 316 g/mol. The van der Waals surface area contributed by atoms with Gasteiger partial charge in [0.2, 0.25) is 0 Å². The summed E-state index contributed by atoms with van der Waals surface area (Å²) in [6.45, 7) is 2.81. The first-order valence-electron chi connectivity index (χ1n) is 8.60. The van der Waals surface area contributed by atoms with Crippen LogP contribution in [0.3, 0.4) is 0 Å². The molecule has 1 amide bonds. The third kappa shape index (κ3) is 2.95. The second-order valence-corrected chi connectivity index (χ2v) is 6.19. The smallest absolute Gasteiger partial charge is 0.256 e. The predicted octanol–water partition coefficient (Wildman–Crippen LogP) is 3.40. The first kappa shape index (κ1) is 15.6. The van der Waals surface area contributed by atoms with Gasteiger partial charge in [-0.1, -0.05) is 6.92 Å². The number of likely N-dealkylation sites (tertiary alicyclic amines) is 1. The Labute approximate surface area is 146 Å². The molecule has 0 saturated carbocycles. The van der Waals surface area contributed by atoms with E-state index in [2.05, 4.69) is 16.9 Å². The molecule has 1 fully saturated rings. The summed E-state index contributed by atoms with van der Waals surface area (Å²) in [6, 6.07) is 7.66. The fourth-order valence-corrected chi connectivity index (χ4v) is 3.29. The van der Waals surface area contributed by atoms with Crippen molar-refractivity contribution in [1.29, 1.82) is 0 Å². The predicted molar refractivity (Wildman–Crippen MR) is 92.5 cm³/mol. The molecule has 0 aromatic carbocycles. The van der Waals surface area contributed by atoms with E-state index in [1.807, 2.05) is 39.9 Å². The quantitative estimate of drug-likeness (QED) is 0.732. The van der Waals surface area contributed by atoms with Gasteiger partial charge in [0.05, 0.1) is 11.6 Å². The number of aryl methyl sites for hydroxylation is 1. The zero-order chi connectivity index (χ0) is 17.2. The number of amides is 1. The zero-order valence-electron chi connectivity index (χ0n) is 14.1. The number of carbonyl (C=O) groups is 1. The molecule has 4 heterocycles. The van der Waals surface area contributed by atoms with Crippen LogP contribution >= 0.6 is 0 Å². The Morgan fingerprint density at radius 1 is 1.32 bits per heavy atom. The number of rotatable bonds is 4. The molecule has 0 unspecified atom stereocenters. The number of hydrogen-bond donors (Lipinski definition) is 0. The summed E-state index contributed by atoms with van der Waals surface area (Å²) in [5.74, 6) is 2.58. The molecule has 128 valence electrons. The summed E-state index contributed by atoms with van der Waals surface area (Å²) in [4.78, 5) is 23.2. The molecule has 0 radical (unpaired) electrons. The Balaban J connectivity index is 1.55. The largest absolute Gasteiger partial charge is 0.464 e. The molecule has 0 aliphatic carbocycles. The topological polar surface area (TPSA) is 64.2 Å². The molecule has 6 nitrogen and oxygen atoms in total. The lowest BCUT2D eigenvalue weighted by molar-refractivity contribution is 0.0718. The number of hydrogen-bond acceptors (Lipinski definition) is 4. The van der Waals surface area contributed by atoms with Gasteiger partial charge >= 0.3 is 0 Å². The van der Waals surface area contributed by atoms with Crippen molar-refractivity contribution in [2.45, 2.75) is 32.2 Å². The van der Waals surface area contributed by atoms with Crippen LogP contribution in [0.2, 0.25) is 0 Å². The molecule has 0 bridgehead atoms. The number of carbonyl (C=O) groups excluding carboxylic acids is 1. The molecule has 1 aliphatic heterocycles. The van der Waals surface area contributed by atoms with Crippen molar-refractivity contribution in [3.63, 3.8) is 0 Å². The van der Waals surface area contributed by atoms with Gasteiger partial charge in [0.15, 0.2) is 0 Å². The van der Waals surface area contributed by atoms with Crippen molar-refractivity contribution in [3.8, 4) is 5.82 Å². The Morgan fingerprint density at radius 3 is 2.92 bits per heavy atom. The minimum atomic E-state index is 0.00151. The second-order valence-electron chi connectivity index (χ2n) is 6.19. The Hall–Kier alpha value is -2.89. The highest BCUT2D eigenvalue weighted by atomic mass is 16.3. The van der Waals surface area contributed by atoms with E-state index in [1.165, 1.54) is 0 Å². The summed E-state index contributed by atoms with van der Waals surface area (Å²) >= 11 is 0. The highest BCUT2D eigenvalue weighted by Gasteiger charge is 2.32. The molecule has 3 aromatic heterocycles. The summed E-state index contributed by atoms with van der Waals surface area (Å²) in [7, 11) is 0. The lowest BCUT2D eigenvalue weighted by Crippen LogP contribution is -2.30. The highest BCUT2D eigenvalue weighted by Crippen LogP contribution is 2.34. The van der Waals surface area contributed by atoms with E-state index >= 15 is 0 Å². The normalized spacial score (nSPS) is 17.2. The van der Waals surface area contributed by atoms with Crippen molar-refractivity contribution < 1.29 is 9.21 Å². The highest BCUT2D eigenvalue weighted by molar-refractivity contribution is 5.94. The summed E-state index contributed by atoms with van der Waals surface area (Å²) in [6.07, 6.45) is 9.61. The molecule has 3 aromatic rings. The standard InChI is InChI=1S/C19H20N4O2/c1-2-15-6-7-17(25-15)16-4-3-10-23(16)19(24)14-5-8-18(21-12-14)22-11-9-20-13-22/h5-9,11-13,16H,2-4,10H2,1H3/t16-/m1/s1. The molecular formula is C19H20N4O2. The maximum Gasteiger partial charge on any atom is 0.256 e. The van der Waals surface area contributed by atoms with Gasteiger partial charge in [-0.3, -0.25) is 9.36 Å². The molecule has 1 aliphatic rings. The lowest BCUT2D eigenvalue weighted by atomic mass is 10.1. The fourth-order valence-electron chi connectivity index (χ4n) is 3.29. The van der Waals surface area contributed by atoms with E-state index in [4.69, 9.17) is 4.42 Å². The van der Waals surface area contributed by atoms with Crippen LogP contribution in [0.15, 0.2) is 53.6 Å². The number of furan rings is 1. The van der Waals surface area contributed by atoms with E-state index in [9.17, 15) is 4.79 Å². The summed E-state index contributed by atoms with van der Waals surface area (Å²) in [5.41, 5.74) is 0.595. The Bertz CT molecular complexity index is 852. The van der Waals surface area contributed by atoms with Crippen LogP contribution in [0.4, 0.5) is 0 Å². The molecule has 25 heavy (non-hydrogen) atoms. The Morgan fingerprint density at radius 2 is 2.24 bits per heavy atom. The lowest BCUT2D eigenvalue weighted by Gasteiger charge is -2.23. The van der Waals surface area contributed by atoms with Crippen molar-refractivity contribution in [3.05, 3.63) is 66.3 Å². The van der Waals surface area contributed by atoms with E-state index in [-0.39, 0.29) is 11.9 Å². The maximum absolute atomic E-state index is 12.9. The van der Waals surface area contributed by atoms with Crippen LogP contribution in [-0.4, -0.2) is 31.9 Å². The van der Waals surface area contributed by atoms with Crippen LogP contribution in [0, 0.1) is 0 Å². The van der Waals surface area contributed by atoms with E-state index in [1.54, 1.807) is 18.7 Å². The van der Waals surface area contributed by atoms with Crippen LogP contribution in [-0.2, 0) is 6.42 Å². The van der Waals surface area contributed by atoms with E-state index in [0.717, 1.165) is 43.1 Å². The van der Waals surface area contributed by atoms with Crippen LogP contribution in [0.5, 0.6) is 0 Å². The van der Waals surface area contributed by atoms with Gasteiger partial charge in [-0.2, -0.15) is 0 Å². The first-order chi connectivity index (χ1) is 12.3. The first-order valence-corrected chi connectivity index (χ1v) is 8.60. The minimum absolute atomic E-state index is 0.00151. The van der Waals surface area contributed by atoms with Gasteiger partial charge in [-0.15, -0.1) is 0 Å².